The van der Waals surface area contributed by atoms with Gasteiger partial charge in [-0.2, -0.15) is 0 Å². The number of methoxy groups -OCH3 is 1. The first-order chi connectivity index (χ1) is 9.08. The predicted molar refractivity (Wildman–Crippen MR) is 70.6 cm³/mol. The summed E-state index contributed by atoms with van der Waals surface area (Å²) in [5.74, 6) is -0.968. The quantitative estimate of drug-likeness (QED) is 0.772. The zero-order valence-electron chi connectivity index (χ0n) is 11.5. The molecule has 106 valence electrons. The topological polar surface area (TPSA) is 47.6 Å². The minimum absolute atomic E-state index is 0.0526. The van der Waals surface area contributed by atoms with E-state index in [9.17, 15) is 9.18 Å². The predicted octanol–water partition coefficient (Wildman–Crippen LogP) is 2.44. The van der Waals surface area contributed by atoms with Gasteiger partial charge < -0.3 is 14.8 Å². The van der Waals surface area contributed by atoms with E-state index in [1.165, 1.54) is 19.2 Å². The number of benzene rings is 1. The number of ether oxygens (including phenoxy) is 2. The van der Waals surface area contributed by atoms with Crippen molar-refractivity contribution in [2.24, 2.45) is 0 Å². The van der Waals surface area contributed by atoms with Gasteiger partial charge in [-0.25, -0.2) is 9.18 Å². The minimum Gasteiger partial charge on any atom is -0.479 e. The van der Waals surface area contributed by atoms with Gasteiger partial charge in [-0.15, -0.1) is 0 Å². The third kappa shape index (κ3) is 4.87. The second kappa shape index (κ2) is 7.74. The van der Waals surface area contributed by atoms with Crippen LogP contribution < -0.4 is 10.1 Å². The molecule has 4 nitrogen and oxygen atoms in total. The van der Waals surface area contributed by atoms with E-state index in [1.54, 1.807) is 6.07 Å². The van der Waals surface area contributed by atoms with Crippen molar-refractivity contribution >= 4 is 5.97 Å². The molecule has 1 rings (SSSR count). The lowest BCUT2D eigenvalue weighted by Gasteiger charge is -2.14. The molecule has 0 bridgehead atoms. The lowest BCUT2D eigenvalue weighted by atomic mass is 10.1. The number of hydrogen-bond donors (Lipinski definition) is 1. The Hall–Kier alpha value is -1.62. The highest BCUT2D eigenvalue weighted by molar-refractivity contribution is 5.70. The summed E-state index contributed by atoms with van der Waals surface area (Å²) >= 11 is 0. The molecule has 0 heterocycles. The molecule has 0 spiro atoms. The van der Waals surface area contributed by atoms with Crippen LogP contribution >= 0.6 is 0 Å². The number of hydrogen-bond acceptors (Lipinski definition) is 4. The molecule has 0 saturated carbocycles. The van der Waals surface area contributed by atoms with Crippen LogP contribution in [0, 0.1) is 5.82 Å². The van der Waals surface area contributed by atoms with Gasteiger partial charge in [0, 0.05) is 6.04 Å². The molecule has 0 fully saturated rings. The summed E-state index contributed by atoms with van der Waals surface area (Å²) in [6.45, 7) is 4.63. The maximum Gasteiger partial charge on any atom is 0.343 e. The largest absolute Gasteiger partial charge is 0.479 e. The van der Waals surface area contributed by atoms with Gasteiger partial charge in [0.05, 0.1) is 7.11 Å². The zero-order chi connectivity index (χ0) is 14.3. The van der Waals surface area contributed by atoms with Crippen molar-refractivity contribution in [1.29, 1.82) is 0 Å². The molecule has 1 unspecified atom stereocenters. The van der Waals surface area contributed by atoms with E-state index in [1.807, 2.05) is 6.92 Å². The van der Waals surface area contributed by atoms with Crippen LogP contribution in [0.1, 0.15) is 31.9 Å². The number of rotatable bonds is 7. The molecule has 0 radical (unpaired) electrons. The van der Waals surface area contributed by atoms with Crippen LogP contribution in [0.2, 0.25) is 0 Å². The Bertz CT molecular complexity index is 423. The van der Waals surface area contributed by atoms with Crippen LogP contribution in [0.15, 0.2) is 18.2 Å². The van der Waals surface area contributed by atoms with Gasteiger partial charge in [0.2, 0.25) is 0 Å². The lowest BCUT2D eigenvalue weighted by Crippen LogP contribution is -2.19. The van der Waals surface area contributed by atoms with Crippen molar-refractivity contribution < 1.29 is 18.7 Å². The smallest absolute Gasteiger partial charge is 0.343 e. The van der Waals surface area contributed by atoms with Crippen LogP contribution in [-0.4, -0.2) is 26.2 Å². The summed E-state index contributed by atoms with van der Waals surface area (Å²) < 4.78 is 23.2. The SMILES string of the molecule is CCCNC(C)c1ccc(OCC(=O)OC)c(F)c1. The van der Waals surface area contributed by atoms with Gasteiger partial charge in [-0.1, -0.05) is 13.0 Å². The van der Waals surface area contributed by atoms with E-state index in [-0.39, 0.29) is 18.4 Å². The highest BCUT2D eigenvalue weighted by Gasteiger charge is 2.10. The van der Waals surface area contributed by atoms with E-state index < -0.39 is 11.8 Å². The number of halogens is 1. The Morgan fingerprint density at radius 3 is 2.79 bits per heavy atom. The van der Waals surface area contributed by atoms with Crippen LogP contribution in [0.5, 0.6) is 5.75 Å². The third-order valence-electron chi connectivity index (χ3n) is 2.73. The molecule has 0 aromatic heterocycles. The number of nitrogens with one attached hydrogen (secondary N) is 1. The fraction of sp³-hybridized carbons (Fsp3) is 0.500. The van der Waals surface area contributed by atoms with Crippen molar-refractivity contribution in [3.8, 4) is 5.75 Å². The summed E-state index contributed by atoms with van der Waals surface area (Å²) in [5, 5.41) is 3.27. The summed E-state index contributed by atoms with van der Waals surface area (Å²) in [5.41, 5.74) is 0.844. The molecule has 1 aromatic rings. The fourth-order valence-electron chi connectivity index (χ4n) is 1.58. The Morgan fingerprint density at radius 2 is 2.21 bits per heavy atom. The van der Waals surface area contributed by atoms with Crippen molar-refractivity contribution in [2.45, 2.75) is 26.3 Å². The molecular formula is C14H20FNO3. The van der Waals surface area contributed by atoms with Gasteiger partial charge in [0.15, 0.2) is 18.2 Å². The molecule has 1 atom stereocenters. The van der Waals surface area contributed by atoms with Gasteiger partial charge in [-0.05, 0) is 37.6 Å². The molecular weight excluding hydrogens is 249 g/mol. The molecule has 0 saturated heterocycles. The monoisotopic (exact) mass is 269 g/mol. The first-order valence-electron chi connectivity index (χ1n) is 6.31. The van der Waals surface area contributed by atoms with Crippen molar-refractivity contribution in [1.82, 2.24) is 5.32 Å². The Morgan fingerprint density at radius 1 is 1.47 bits per heavy atom. The van der Waals surface area contributed by atoms with Gasteiger partial charge in [0.1, 0.15) is 0 Å². The summed E-state index contributed by atoms with van der Waals surface area (Å²) in [6, 6.07) is 4.80. The zero-order valence-corrected chi connectivity index (χ0v) is 11.5. The van der Waals surface area contributed by atoms with E-state index in [2.05, 4.69) is 17.0 Å². The van der Waals surface area contributed by atoms with E-state index >= 15 is 0 Å². The average Bonchev–Trinajstić information content (AvgIpc) is 2.42. The van der Waals surface area contributed by atoms with Gasteiger partial charge in [-0.3, -0.25) is 0 Å². The van der Waals surface area contributed by atoms with Crippen molar-refractivity contribution in [2.75, 3.05) is 20.3 Å². The summed E-state index contributed by atoms with van der Waals surface area (Å²) in [4.78, 5) is 10.9. The van der Waals surface area contributed by atoms with Crippen LogP contribution in [-0.2, 0) is 9.53 Å². The molecule has 1 N–H and O–H groups in total. The fourth-order valence-corrected chi connectivity index (χ4v) is 1.58. The molecule has 0 aliphatic carbocycles. The number of esters is 1. The molecule has 0 aliphatic rings. The van der Waals surface area contributed by atoms with Crippen LogP contribution in [0.3, 0.4) is 0 Å². The summed E-state index contributed by atoms with van der Waals surface area (Å²) in [7, 11) is 1.26. The van der Waals surface area contributed by atoms with E-state index in [4.69, 9.17) is 4.74 Å². The van der Waals surface area contributed by atoms with Gasteiger partial charge in [0.25, 0.3) is 0 Å². The van der Waals surface area contributed by atoms with E-state index in [0.717, 1.165) is 18.5 Å². The second-order valence-corrected chi connectivity index (χ2v) is 4.23. The molecule has 19 heavy (non-hydrogen) atoms. The van der Waals surface area contributed by atoms with Crippen molar-refractivity contribution in [3.05, 3.63) is 29.6 Å². The highest BCUT2D eigenvalue weighted by Crippen LogP contribution is 2.22. The first-order valence-corrected chi connectivity index (χ1v) is 6.31. The third-order valence-corrected chi connectivity index (χ3v) is 2.73. The normalized spacial score (nSPS) is 12.0. The number of carbonyl (C=O) groups is 1. The molecule has 1 aromatic carbocycles. The molecule has 5 heteroatoms. The highest BCUT2D eigenvalue weighted by atomic mass is 19.1. The van der Waals surface area contributed by atoms with E-state index in [0.29, 0.717) is 0 Å². The molecule has 0 aliphatic heterocycles. The standard InChI is InChI=1S/C14H20FNO3/c1-4-7-16-10(2)11-5-6-13(12(15)8-11)19-9-14(17)18-3/h5-6,8,10,16H,4,7,9H2,1-3H3. The Balaban J connectivity index is 2.66. The second-order valence-electron chi connectivity index (χ2n) is 4.23. The van der Waals surface area contributed by atoms with Crippen LogP contribution in [0.25, 0.3) is 0 Å². The van der Waals surface area contributed by atoms with Gasteiger partial charge >= 0.3 is 5.97 Å². The summed E-state index contributed by atoms with van der Waals surface area (Å²) in [6.07, 6.45) is 1.02. The molecule has 0 amide bonds. The number of carbonyl (C=O) groups excluding carboxylic acids is 1. The lowest BCUT2D eigenvalue weighted by molar-refractivity contribution is -0.142. The van der Waals surface area contributed by atoms with Crippen molar-refractivity contribution in [3.63, 3.8) is 0 Å². The Kier molecular flexibility index (Phi) is 6.29. The Labute approximate surface area is 112 Å². The maximum absolute atomic E-state index is 13.8. The average molecular weight is 269 g/mol. The first kappa shape index (κ1) is 15.4. The maximum atomic E-state index is 13.8. The van der Waals surface area contributed by atoms with Crippen LogP contribution in [0.4, 0.5) is 4.39 Å². The minimum atomic E-state index is -0.540.